The third-order valence-corrected chi connectivity index (χ3v) is 3.60. The fourth-order valence-corrected chi connectivity index (χ4v) is 2.88. The molecule has 2 heterocycles. The second-order valence-electron chi connectivity index (χ2n) is 3.48. The summed E-state index contributed by atoms with van der Waals surface area (Å²) in [5.41, 5.74) is 1.96. The summed E-state index contributed by atoms with van der Waals surface area (Å²) < 4.78 is 6.16. The quantitative estimate of drug-likeness (QED) is 0.617. The van der Waals surface area contributed by atoms with E-state index in [0.717, 1.165) is 15.8 Å². The largest absolute Gasteiger partial charge is 0.456 e. The van der Waals surface area contributed by atoms with Gasteiger partial charge in [-0.2, -0.15) is 0 Å². The number of hydrogen-bond acceptors (Lipinski definition) is 3. The third-order valence-electron chi connectivity index (χ3n) is 2.45. The minimum atomic E-state index is -0.170. The first-order valence-corrected chi connectivity index (χ1v) is 5.26. The van der Waals surface area contributed by atoms with Crippen LogP contribution in [0.2, 0.25) is 0 Å². The van der Waals surface area contributed by atoms with E-state index in [1.54, 1.807) is 11.3 Å². The van der Waals surface area contributed by atoms with Gasteiger partial charge in [-0.3, -0.25) is 0 Å². The maximum atomic E-state index is 11.4. The van der Waals surface area contributed by atoms with Crippen LogP contribution in [0.5, 0.6) is 0 Å². The molecule has 0 radical (unpaired) electrons. The molecule has 1 aliphatic rings. The van der Waals surface area contributed by atoms with Crippen LogP contribution < -0.4 is 0 Å². The van der Waals surface area contributed by atoms with Gasteiger partial charge in [-0.25, -0.2) is 4.79 Å². The van der Waals surface area contributed by atoms with Gasteiger partial charge in [-0.05, 0) is 19.1 Å². The molecular formula is C11H8O2S. The zero-order valence-electron chi connectivity index (χ0n) is 7.66. The van der Waals surface area contributed by atoms with Crippen molar-refractivity contribution in [2.24, 2.45) is 0 Å². The summed E-state index contributed by atoms with van der Waals surface area (Å²) in [7, 11) is 0. The number of hydrogen-bond donors (Lipinski definition) is 0. The normalized spacial score (nSPS) is 14.5. The Labute approximate surface area is 85.1 Å². The van der Waals surface area contributed by atoms with Gasteiger partial charge in [-0.1, -0.05) is 11.6 Å². The molecule has 0 saturated carbocycles. The lowest BCUT2D eigenvalue weighted by Gasteiger charge is -1.95. The van der Waals surface area contributed by atoms with Gasteiger partial charge in [0.25, 0.3) is 0 Å². The molecule has 0 saturated heterocycles. The molecule has 0 N–H and O–H groups in total. The molecule has 0 atom stereocenters. The molecule has 2 nitrogen and oxygen atoms in total. The predicted molar refractivity (Wildman–Crippen MR) is 55.7 cm³/mol. The minimum Gasteiger partial charge on any atom is -0.456 e. The summed E-state index contributed by atoms with van der Waals surface area (Å²) in [4.78, 5) is 12.5. The molecule has 0 amide bonds. The van der Waals surface area contributed by atoms with Crippen molar-refractivity contribution < 1.29 is 9.53 Å². The molecule has 0 bridgehead atoms. The highest BCUT2D eigenvalue weighted by molar-refractivity contribution is 7.19. The fourth-order valence-electron chi connectivity index (χ4n) is 1.79. The maximum absolute atomic E-state index is 11.4. The van der Waals surface area contributed by atoms with Crippen LogP contribution in [0.3, 0.4) is 0 Å². The number of rotatable bonds is 0. The highest BCUT2D eigenvalue weighted by Crippen LogP contribution is 2.36. The van der Waals surface area contributed by atoms with E-state index in [0.29, 0.717) is 6.61 Å². The Bertz CT molecular complexity index is 539. The van der Waals surface area contributed by atoms with Gasteiger partial charge < -0.3 is 4.74 Å². The second kappa shape index (κ2) is 2.58. The van der Waals surface area contributed by atoms with E-state index in [1.165, 1.54) is 10.3 Å². The average molecular weight is 204 g/mol. The first-order valence-electron chi connectivity index (χ1n) is 4.45. The predicted octanol–water partition coefficient (Wildman–Crippen LogP) is 2.88. The first-order chi connectivity index (χ1) is 6.75. The Kier molecular flexibility index (Phi) is 1.47. The number of esters is 1. The van der Waals surface area contributed by atoms with Crippen molar-refractivity contribution in [3.8, 4) is 0 Å². The van der Waals surface area contributed by atoms with Crippen LogP contribution in [0.4, 0.5) is 0 Å². The molecule has 1 aromatic carbocycles. The van der Waals surface area contributed by atoms with Crippen molar-refractivity contribution in [3.63, 3.8) is 0 Å². The van der Waals surface area contributed by atoms with Crippen molar-refractivity contribution in [2.75, 3.05) is 0 Å². The topological polar surface area (TPSA) is 26.3 Å². The van der Waals surface area contributed by atoms with E-state index < -0.39 is 0 Å². The van der Waals surface area contributed by atoms with Crippen molar-refractivity contribution in [2.45, 2.75) is 13.5 Å². The van der Waals surface area contributed by atoms with Crippen LogP contribution in [0.15, 0.2) is 18.2 Å². The molecule has 3 heteroatoms. The third kappa shape index (κ3) is 0.930. The van der Waals surface area contributed by atoms with E-state index in [1.807, 2.05) is 6.92 Å². The number of carbonyl (C=O) groups excluding carboxylic acids is 1. The molecule has 14 heavy (non-hydrogen) atoms. The lowest BCUT2D eigenvalue weighted by Crippen LogP contribution is -1.93. The summed E-state index contributed by atoms with van der Waals surface area (Å²) in [5, 5.41) is 1.05. The van der Waals surface area contributed by atoms with Crippen molar-refractivity contribution in [1.82, 2.24) is 0 Å². The Morgan fingerprint density at radius 2 is 2.29 bits per heavy atom. The Hall–Kier alpha value is -1.35. The number of ether oxygens (including phenoxy) is 1. The van der Waals surface area contributed by atoms with E-state index in [4.69, 9.17) is 4.74 Å². The maximum Gasteiger partial charge on any atom is 0.340 e. The average Bonchev–Trinajstić information content (AvgIpc) is 2.67. The SMILES string of the molecule is Cc1ccc2sc3c(c2c1)C(=O)OC3. The van der Waals surface area contributed by atoms with Gasteiger partial charge in [-0.15, -0.1) is 11.3 Å². The zero-order chi connectivity index (χ0) is 9.71. The molecule has 0 unspecified atom stereocenters. The zero-order valence-corrected chi connectivity index (χ0v) is 8.48. The van der Waals surface area contributed by atoms with Gasteiger partial charge in [0.15, 0.2) is 0 Å². The van der Waals surface area contributed by atoms with E-state index in [-0.39, 0.29) is 5.97 Å². The summed E-state index contributed by atoms with van der Waals surface area (Å²) in [5.74, 6) is -0.170. The smallest absolute Gasteiger partial charge is 0.340 e. The van der Waals surface area contributed by atoms with Gasteiger partial charge >= 0.3 is 5.97 Å². The van der Waals surface area contributed by atoms with Crippen LogP contribution in [0, 0.1) is 6.92 Å². The van der Waals surface area contributed by atoms with Crippen LogP contribution in [-0.2, 0) is 11.3 Å². The molecule has 0 fully saturated rings. The van der Waals surface area contributed by atoms with Crippen molar-refractivity contribution in [1.29, 1.82) is 0 Å². The highest BCUT2D eigenvalue weighted by Gasteiger charge is 2.26. The lowest BCUT2D eigenvalue weighted by molar-refractivity contribution is 0.0538. The van der Waals surface area contributed by atoms with Crippen LogP contribution in [-0.4, -0.2) is 5.97 Å². The molecule has 0 spiro atoms. The van der Waals surface area contributed by atoms with Crippen LogP contribution >= 0.6 is 11.3 Å². The van der Waals surface area contributed by atoms with Gasteiger partial charge in [0, 0.05) is 10.1 Å². The molecule has 0 aliphatic carbocycles. The number of fused-ring (bicyclic) bond motifs is 3. The lowest BCUT2D eigenvalue weighted by atomic mass is 10.1. The number of benzene rings is 1. The van der Waals surface area contributed by atoms with Crippen LogP contribution in [0.25, 0.3) is 10.1 Å². The summed E-state index contributed by atoms with van der Waals surface area (Å²) in [6.45, 7) is 2.48. The van der Waals surface area contributed by atoms with Crippen molar-refractivity contribution in [3.05, 3.63) is 34.2 Å². The minimum absolute atomic E-state index is 0.170. The molecular weight excluding hydrogens is 196 g/mol. The fraction of sp³-hybridized carbons (Fsp3) is 0.182. The van der Waals surface area contributed by atoms with Gasteiger partial charge in [0.1, 0.15) is 6.61 Å². The molecule has 1 aliphatic heterocycles. The standard InChI is InChI=1S/C11H8O2S/c1-6-2-3-8-7(4-6)10-9(14-8)5-13-11(10)12/h2-4H,5H2,1H3. The van der Waals surface area contributed by atoms with E-state index in [2.05, 4.69) is 18.2 Å². The van der Waals surface area contributed by atoms with Crippen LogP contribution in [0.1, 0.15) is 20.8 Å². The Balaban J connectivity index is 2.43. The number of carbonyl (C=O) groups is 1. The Morgan fingerprint density at radius 3 is 3.14 bits per heavy atom. The number of thiophene rings is 1. The van der Waals surface area contributed by atoms with Crippen molar-refractivity contribution >= 4 is 27.4 Å². The van der Waals surface area contributed by atoms with E-state index >= 15 is 0 Å². The van der Waals surface area contributed by atoms with Gasteiger partial charge in [0.05, 0.1) is 10.4 Å². The van der Waals surface area contributed by atoms with Gasteiger partial charge in [0.2, 0.25) is 0 Å². The molecule has 3 rings (SSSR count). The summed E-state index contributed by atoms with van der Waals surface area (Å²) >= 11 is 1.65. The molecule has 70 valence electrons. The Morgan fingerprint density at radius 1 is 1.43 bits per heavy atom. The number of cyclic esters (lactones) is 1. The molecule has 1 aromatic heterocycles. The number of aryl methyl sites for hydroxylation is 1. The van der Waals surface area contributed by atoms with E-state index in [9.17, 15) is 4.79 Å². The molecule has 2 aromatic rings. The second-order valence-corrected chi connectivity index (χ2v) is 4.61. The summed E-state index contributed by atoms with van der Waals surface area (Å²) in [6.07, 6.45) is 0. The highest BCUT2D eigenvalue weighted by atomic mass is 32.1. The summed E-state index contributed by atoms with van der Waals surface area (Å²) in [6, 6.07) is 6.19. The first kappa shape index (κ1) is 8.00. The monoisotopic (exact) mass is 204 g/mol.